The molecule has 10 nitrogen and oxygen atoms in total. The van der Waals surface area contributed by atoms with Gasteiger partial charge >= 0.3 is 5.97 Å². The lowest BCUT2D eigenvalue weighted by Gasteiger charge is -2.26. The number of benzene rings is 1. The van der Waals surface area contributed by atoms with Crippen LogP contribution >= 0.6 is 0 Å². The van der Waals surface area contributed by atoms with Crippen LogP contribution in [0.25, 0.3) is 5.65 Å². The average molecular weight is 554 g/mol. The normalized spacial score (nSPS) is 21.9. The van der Waals surface area contributed by atoms with Crippen molar-refractivity contribution in [2.24, 2.45) is 5.41 Å². The van der Waals surface area contributed by atoms with E-state index in [-0.39, 0.29) is 34.3 Å². The van der Waals surface area contributed by atoms with Crippen molar-refractivity contribution in [3.8, 4) is 0 Å². The number of nitrogens with zero attached hydrogens (tertiary/aromatic N) is 6. The smallest absolute Gasteiger partial charge is 0.354 e. The Balaban J connectivity index is 1.19. The van der Waals surface area contributed by atoms with E-state index in [2.05, 4.69) is 82.5 Å². The van der Waals surface area contributed by atoms with Crippen LogP contribution in [0.4, 0.5) is 11.5 Å². The Hall–Kier alpha value is -4.47. The monoisotopic (exact) mass is 553 g/mol. The second-order valence-corrected chi connectivity index (χ2v) is 12.3. The zero-order valence-corrected chi connectivity index (χ0v) is 23.8. The summed E-state index contributed by atoms with van der Waals surface area (Å²) in [5.41, 5.74) is 3.82. The number of hydrogen-bond acceptors (Lipinski definition) is 7. The minimum absolute atomic E-state index is 0.00458. The third-order valence-electron chi connectivity index (χ3n) is 8.64. The van der Waals surface area contributed by atoms with Crippen molar-refractivity contribution >= 4 is 29.0 Å². The highest BCUT2D eigenvalue weighted by Crippen LogP contribution is 2.37. The first-order chi connectivity index (χ1) is 19.5. The minimum atomic E-state index is -1.07. The topological polar surface area (TPSA) is 116 Å². The van der Waals surface area contributed by atoms with Gasteiger partial charge in [0.25, 0.3) is 5.91 Å². The van der Waals surface area contributed by atoms with Gasteiger partial charge < -0.3 is 20.2 Å². The van der Waals surface area contributed by atoms with Crippen molar-refractivity contribution in [1.29, 1.82) is 0 Å². The molecule has 1 amide bonds. The quantitative estimate of drug-likeness (QED) is 0.369. The molecule has 4 aromatic rings. The lowest BCUT2D eigenvalue weighted by atomic mass is 9.82. The molecule has 2 aliphatic rings. The van der Waals surface area contributed by atoms with Crippen molar-refractivity contribution in [1.82, 2.24) is 24.9 Å². The maximum Gasteiger partial charge on any atom is 0.354 e. The number of carboxylic acid groups (broad SMARTS) is 1. The number of fused-ring (bicyclic) bond motifs is 1. The van der Waals surface area contributed by atoms with Gasteiger partial charge in [0, 0.05) is 37.0 Å². The third-order valence-corrected chi connectivity index (χ3v) is 8.64. The van der Waals surface area contributed by atoms with Crippen LogP contribution in [0.1, 0.15) is 59.4 Å². The number of carbonyl (C=O) groups excluding carboxylic acids is 1. The molecular formula is C31H35N7O3. The van der Waals surface area contributed by atoms with Gasteiger partial charge in [-0.15, -0.1) is 5.10 Å². The second-order valence-electron chi connectivity index (χ2n) is 12.3. The first-order valence-corrected chi connectivity index (χ1v) is 14.0. The first-order valence-electron chi connectivity index (χ1n) is 14.0. The van der Waals surface area contributed by atoms with Crippen LogP contribution in [0.2, 0.25) is 0 Å². The van der Waals surface area contributed by atoms with E-state index in [1.54, 1.807) is 16.6 Å². The highest BCUT2D eigenvalue weighted by Gasteiger charge is 2.41. The van der Waals surface area contributed by atoms with Crippen molar-refractivity contribution in [3.05, 3.63) is 83.4 Å². The number of pyridine rings is 2. The summed E-state index contributed by atoms with van der Waals surface area (Å²) >= 11 is 0. The number of amides is 1. The number of anilines is 2. The number of carbonyl (C=O) groups is 2. The minimum Gasteiger partial charge on any atom is -0.477 e. The van der Waals surface area contributed by atoms with E-state index < -0.39 is 5.97 Å². The lowest BCUT2D eigenvalue weighted by molar-refractivity contribution is 0.0690. The summed E-state index contributed by atoms with van der Waals surface area (Å²) in [7, 11) is 0. The van der Waals surface area contributed by atoms with Crippen molar-refractivity contribution in [2.45, 2.75) is 45.6 Å². The molecule has 3 aromatic heterocycles. The predicted octanol–water partition coefficient (Wildman–Crippen LogP) is 3.94. The SMILES string of the molecule is Cc1cc(N2CC[C@](C)(c3ccccc3)C2)cn2nc(C(=O)N[C@@H]3CN(c4cccc(C(=O)O)n4)CC3(C)C)nc12. The van der Waals surface area contributed by atoms with Crippen molar-refractivity contribution in [2.75, 3.05) is 36.0 Å². The Labute approximate surface area is 239 Å². The molecule has 0 saturated carbocycles. The Morgan fingerprint density at radius 1 is 1.00 bits per heavy atom. The zero-order chi connectivity index (χ0) is 28.9. The third kappa shape index (κ3) is 4.98. The molecule has 0 radical (unpaired) electrons. The Kier molecular flexibility index (Phi) is 6.43. The second kappa shape index (κ2) is 9.87. The molecule has 6 rings (SSSR count). The molecule has 2 fully saturated rings. The van der Waals surface area contributed by atoms with Crippen molar-refractivity contribution < 1.29 is 14.7 Å². The summed E-state index contributed by atoms with van der Waals surface area (Å²) in [6, 6.07) is 17.5. The molecule has 0 unspecified atom stereocenters. The highest BCUT2D eigenvalue weighted by molar-refractivity contribution is 5.91. The summed E-state index contributed by atoms with van der Waals surface area (Å²) in [5, 5.41) is 17.0. The van der Waals surface area contributed by atoms with E-state index in [1.165, 1.54) is 11.6 Å². The number of carboxylic acids is 1. The van der Waals surface area contributed by atoms with Gasteiger partial charge in [0.2, 0.25) is 5.82 Å². The summed E-state index contributed by atoms with van der Waals surface area (Å²) in [6.45, 7) is 11.4. The Bertz CT molecular complexity index is 1630. The predicted molar refractivity (Wildman–Crippen MR) is 157 cm³/mol. The maximum atomic E-state index is 13.4. The molecule has 2 N–H and O–H groups in total. The summed E-state index contributed by atoms with van der Waals surface area (Å²) in [4.78, 5) is 38.0. The van der Waals surface area contributed by atoms with Gasteiger partial charge in [-0.3, -0.25) is 4.79 Å². The molecule has 2 atom stereocenters. The number of aromatic nitrogens is 4. The summed E-state index contributed by atoms with van der Waals surface area (Å²) in [6.07, 6.45) is 3.02. The fourth-order valence-electron chi connectivity index (χ4n) is 6.15. The molecule has 2 aliphatic heterocycles. The summed E-state index contributed by atoms with van der Waals surface area (Å²) in [5.74, 6) is -0.698. The zero-order valence-electron chi connectivity index (χ0n) is 23.8. The van der Waals surface area contributed by atoms with Gasteiger partial charge in [-0.2, -0.15) is 0 Å². The standard InChI is InChI=1S/C31H35N7O3/c1-20-15-22(36-14-13-31(4,19-36)21-9-6-5-7-10-21)16-38-27(20)34-26(35-38)28(39)33-24-17-37(18-30(24,2)3)25-12-8-11-23(32-25)29(40)41/h5-12,15-16,24H,13-14,17-19H2,1-4H3,(H,33,39)(H,40,41)/t24-,31+/m1/s1. The molecule has 0 aliphatic carbocycles. The van der Waals surface area contributed by atoms with Crippen molar-refractivity contribution in [3.63, 3.8) is 0 Å². The van der Waals surface area contributed by atoms with E-state index in [9.17, 15) is 14.7 Å². The molecule has 10 heteroatoms. The highest BCUT2D eigenvalue weighted by atomic mass is 16.4. The molecule has 212 valence electrons. The van der Waals surface area contributed by atoms with Gasteiger partial charge in [-0.1, -0.05) is 57.2 Å². The van der Waals surface area contributed by atoms with E-state index in [1.807, 2.05) is 18.0 Å². The van der Waals surface area contributed by atoms with E-state index in [0.29, 0.717) is 24.6 Å². The number of nitrogens with one attached hydrogen (secondary N) is 1. The maximum absolute atomic E-state index is 13.4. The van der Waals surface area contributed by atoms with Crippen LogP contribution < -0.4 is 15.1 Å². The molecular weight excluding hydrogens is 518 g/mol. The molecule has 0 spiro atoms. The fraction of sp³-hybridized carbons (Fsp3) is 0.387. The molecule has 5 heterocycles. The van der Waals surface area contributed by atoms with Gasteiger partial charge in [0.1, 0.15) is 5.82 Å². The van der Waals surface area contributed by atoms with E-state index in [4.69, 9.17) is 0 Å². The molecule has 2 saturated heterocycles. The van der Waals surface area contributed by atoms with Crippen LogP contribution in [0.3, 0.4) is 0 Å². The number of rotatable bonds is 6. The Morgan fingerprint density at radius 2 is 1.78 bits per heavy atom. The van der Waals surface area contributed by atoms with Gasteiger partial charge in [0.05, 0.1) is 17.9 Å². The molecule has 41 heavy (non-hydrogen) atoms. The van der Waals surface area contributed by atoms with Crippen LogP contribution in [0, 0.1) is 12.3 Å². The Morgan fingerprint density at radius 3 is 2.54 bits per heavy atom. The van der Waals surface area contributed by atoms with Gasteiger partial charge in [-0.25, -0.2) is 19.3 Å². The van der Waals surface area contributed by atoms with Crippen LogP contribution in [0.15, 0.2) is 60.8 Å². The fourth-order valence-corrected chi connectivity index (χ4v) is 6.15. The number of aromatic carboxylic acids is 1. The first kappa shape index (κ1) is 26.7. The number of aryl methyl sites for hydroxylation is 1. The van der Waals surface area contributed by atoms with Gasteiger partial charge in [0.15, 0.2) is 11.3 Å². The summed E-state index contributed by atoms with van der Waals surface area (Å²) < 4.78 is 1.71. The largest absolute Gasteiger partial charge is 0.477 e. The van der Waals surface area contributed by atoms with Crippen LogP contribution in [-0.4, -0.2) is 68.8 Å². The lowest BCUT2D eigenvalue weighted by Crippen LogP contribution is -2.44. The van der Waals surface area contributed by atoms with E-state index in [0.717, 1.165) is 30.8 Å². The van der Waals surface area contributed by atoms with E-state index >= 15 is 0 Å². The average Bonchev–Trinajstić information content (AvgIpc) is 3.65. The molecule has 1 aromatic carbocycles. The van der Waals surface area contributed by atoms with Crippen LogP contribution in [0.5, 0.6) is 0 Å². The molecule has 0 bridgehead atoms. The van der Waals surface area contributed by atoms with Gasteiger partial charge in [-0.05, 0) is 42.7 Å². The number of hydrogen-bond donors (Lipinski definition) is 2. The van der Waals surface area contributed by atoms with Crippen LogP contribution in [-0.2, 0) is 5.41 Å².